The Kier molecular flexibility index (Phi) is 7.03. The summed E-state index contributed by atoms with van der Waals surface area (Å²) in [5.74, 6) is 0.341. The zero-order valence-electron chi connectivity index (χ0n) is 20.5. The Morgan fingerprint density at radius 3 is 2.60 bits per heavy atom. The molecule has 0 aromatic heterocycles. The van der Waals surface area contributed by atoms with Gasteiger partial charge in [-0.1, -0.05) is 35.9 Å². The van der Waals surface area contributed by atoms with Crippen molar-refractivity contribution in [2.24, 2.45) is 0 Å². The van der Waals surface area contributed by atoms with Gasteiger partial charge in [0.05, 0.1) is 12.8 Å². The summed E-state index contributed by atoms with van der Waals surface area (Å²) in [7, 11) is -0.401. The largest absolute Gasteiger partial charge is 0.495 e. The van der Waals surface area contributed by atoms with Crippen molar-refractivity contribution in [2.75, 3.05) is 36.9 Å². The number of methoxy groups -OCH3 is 1. The lowest BCUT2D eigenvalue weighted by Crippen LogP contribution is -2.36. The molecule has 1 amide bonds. The van der Waals surface area contributed by atoms with Crippen LogP contribution in [0.3, 0.4) is 0 Å². The number of sulfonamides is 1. The molecule has 1 unspecified atom stereocenters. The minimum Gasteiger partial charge on any atom is -0.495 e. The highest BCUT2D eigenvalue weighted by molar-refractivity contribution is 7.92. The van der Waals surface area contributed by atoms with Crippen LogP contribution < -0.4 is 14.4 Å². The van der Waals surface area contributed by atoms with Crippen LogP contribution in [0.15, 0.2) is 71.6 Å². The highest BCUT2D eigenvalue weighted by Gasteiger charge is 2.30. The van der Waals surface area contributed by atoms with Gasteiger partial charge in [0.2, 0.25) is 0 Å². The van der Waals surface area contributed by atoms with Crippen molar-refractivity contribution in [3.8, 4) is 5.75 Å². The van der Waals surface area contributed by atoms with Crippen LogP contribution in [0.5, 0.6) is 5.75 Å². The smallest absolute Gasteiger partial charge is 0.265 e. The maximum absolute atomic E-state index is 13.1. The third kappa shape index (κ3) is 5.27. The zero-order valence-corrected chi connectivity index (χ0v) is 21.3. The highest BCUT2D eigenvalue weighted by atomic mass is 32.2. The van der Waals surface area contributed by atoms with Crippen molar-refractivity contribution in [1.82, 2.24) is 4.90 Å². The predicted molar refractivity (Wildman–Crippen MR) is 139 cm³/mol. The number of likely N-dealkylation sites (tertiary alicyclic amines) is 1. The molecule has 0 radical (unpaired) electrons. The normalized spacial score (nSPS) is 15.7. The topological polar surface area (TPSA) is 79.0 Å². The van der Waals surface area contributed by atoms with E-state index in [9.17, 15) is 13.2 Å². The number of aryl methyl sites for hydroxylation is 2. The number of anilines is 2. The van der Waals surface area contributed by atoms with Gasteiger partial charge in [-0.05, 0) is 62.2 Å². The molecular weight excluding hydrogens is 462 g/mol. The van der Waals surface area contributed by atoms with Crippen LogP contribution in [0.4, 0.5) is 11.4 Å². The summed E-state index contributed by atoms with van der Waals surface area (Å²) in [5.41, 5.74) is 4.13. The molecule has 1 heterocycles. The molecule has 35 heavy (non-hydrogen) atoms. The van der Waals surface area contributed by atoms with Crippen LogP contribution in [0, 0.1) is 13.8 Å². The van der Waals surface area contributed by atoms with Gasteiger partial charge in [-0.2, -0.15) is 0 Å². The van der Waals surface area contributed by atoms with Gasteiger partial charge in [-0.15, -0.1) is 0 Å². The predicted octanol–water partition coefficient (Wildman–Crippen LogP) is 4.46. The summed E-state index contributed by atoms with van der Waals surface area (Å²) in [5, 5.41) is 0. The lowest BCUT2D eigenvalue weighted by molar-refractivity contribution is 0.0790. The summed E-state index contributed by atoms with van der Waals surface area (Å²) in [6, 6.07) is 19.9. The van der Waals surface area contributed by atoms with Crippen LogP contribution in [0.25, 0.3) is 0 Å². The first-order valence-electron chi connectivity index (χ1n) is 11.5. The molecule has 3 aromatic rings. The second-order valence-electron chi connectivity index (χ2n) is 8.93. The molecule has 0 spiro atoms. The van der Waals surface area contributed by atoms with Crippen LogP contribution >= 0.6 is 0 Å². The summed E-state index contributed by atoms with van der Waals surface area (Å²) in [4.78, 5) is 17.2. The van der Waals surface area contributed by atoms with Gasteiger partial charge in [0.15, 0.2) is 0 Å². The van der Waals surface area contributed by atoms with Gasteiger partial charge in [0, 0.05) is 37.4 Å². The Morgan fingerprint density at radius 1 is 1.06 bits per heavy atom. The van der Waals surface area contributed by atoms with Crippen LogP contribution in [-0.2, 0) is 10.0 Å². The first kappa shape index (κ1) is 24.6. The van der Waals surface area contributed by atoms with E-state index in [2.05, 4.69) is 9.62 Å². The monoisotopic (exact) mass is 493 g/mol. The van der Waals surface area contributed by atoms with Gasteiger partial charge in [0.1, 0.15) is 10.6 Å². The molecule has 3 aromatic carbocycles. The molecule has 4 rings (SSSR count). The molecule has 7 nitrogen and oxygen atoms in total. The molecule has 1 aliphatic heterocycles. The number of ether oxygens (including phenoxy) is 1. The number of likely N-dealkylation sites (N-methyl/N-ethyl adjacent to an activating group) is 1. The fraction of sp³-hybridized carbons (Fsp3) is 0.296. The minimum absolute atomic E-state index is 0.0559. The summed E-state index contributed by atoms with van der Waals surface area (Å²) < 4.78 is 33.8. The summed E-state index contributed by atoms with van der Waals surface area (Å²) in [6.07, 6.45) is 0.838. The number of hydrogen-bond donors (Lipinski definition) is 1. The Bertz CT molecular complexity index is 1340. The maximum atomic E-state index is 13.1. The molecule has 1 saturated heterocycles. The third-order valence-corrected chi connectivity index (χ3v) is 7.91. The minimum atomic E-state index is -3.82. The van der Waals surface area contributed by atoms with E-state index < -0.39 is 10.0 Å². The standard InChI is InChI=1S/C27H31N3O4S/c1-19-12-13-20(2)24(16-19)27(31)30-15-14-23(18-30)29(3)22-9-7-8-21(17-22)28-35(32,33)26-11-6-5-10-25(26)34-4/h5-13,16-17,23,28H,14-15,18H2,1-4H3. The first-order valence-corrected chi connectivity index (χ1v) is 13.0. The van der Waals surface area contributed by atoms with E-state index in [0.29, 0.717) is 18.8 Å². The SMILES string of the molecule is COc1ccccc1S(=O)(=O)Nc1cccc(N(C)C2CCN(C(=O)c3cc(C)ccc3C)C2)c1. The van der Waals surface area contributed by atoms with Crippen molar-refractivity contribution in [3.63, 3.8) is 0 Å². The lowest BCUT2D eigenvalue weighted by Gasteiger charge is -2.27. The maximum Gasteiger partial charge on any atom is 0.265 e. The Labute approximate surface area is 207 Å². The van der Waals surface area contributed by atoms with E-state index in [1.165, 1.54) is 13.2 Å². The number of rotatable bonds is 7. The van der Waals surface area contributed by atoms with E-state index in [1.807, 2.05) is 62.2 Å². The number of nitrogens with zero attached hydrogens (tertiary/aromatic N) is 2. The van der Waals surface area contributed by atoms with E-state index >= 15 is 0 Å². The number of benzene rings is 3. The second-order valence-corrected chi connectivity index (χ2v) is 10.6. The number of amides is 1. The Balaban J connectivity index is 1.48. The Morgan fingerprint density at radius 2 is 1.83 bits per heavy atom. The third-order valence-electron chi connectivity index (χ3n) is 6.49. The molecule has 0 saturated carbocycles. The molecule has 1 N–H and O–H groups in total. The fourth-order valence-corrected chi connectivity index (χ4v) is 5.65. The van der Waals surface area contributed by atoms with Crippen molar-refractivity contribution < 1.29 is 17.9 Å². The van der Waals surface area contributed by atoms with Crippen LogP contribution in [-0.4, -0.2) is 52.5 Å². The average Bonchev–Trinajstić information content (AvgIpc) is 3.35. The second kappa shape index (κ2) is 10.00. The van der Waals surface area contributed by atoms with Crippen molar-refractivity contribution >= 4 is 27.3 Å². The van der Waals surface area contributed by atoms with E-state index in [0.717, 1.165) is 28.8 Å². The van der Waals surface area contributed by atoms with Crippen LogP contribution in [0.1, 0.15) is 27.9 Å². The number of para-hydroxylation sites is 1. The molecule has 184 valence electrons. The van der Waals surface area contributed by atoms with Crippen molar-refractivity contribution in [3.05, 3.63) is 83.4 Å². The summed E-state index contributed by atoms with van der Waals surface area (Å²) >= 11 is 0. The average molecular weight is 494 g/mol. The molecule has 8 heteroatoms. The van der Waals surface area contributed by atoms with Crippen molar-refractivity contribution in [1.29, 1.82) is 0 Å². The lowest BCUT2D eigenvalue weighted by atomic mass is 10.0. The molecule has 0 bridgehead atoms. The molecular formula is C27H31N3O4S. The Hall–Kier alpha value is -3.52. The summed E-state index contributed by atoms with van der Waals surface area (Å²) in [6.45, 7) is 5.25. The molecule has 1 fully saturated rings. The van der Waals surface area contributed by atoms with Gasteiger partial charge in [-0.3, -0.25) is 9.52 Å². The highest BCUT2D eigenvalue weighted by Crippen LogP contribution is 2.29. The molecule has 0 aliphatic carbocycles. The van der Waals surface area contributed by atoms with E-state index in [4.69, 9.17) is 4.74 Å². The van der Waals surface area contributed by atoms with Gasteiger partial charge < -0.3 is 14.5 Å². The van der Waals surface area contributed by atoms with Crippen LogP contribution in [0.2, 0.25) is 0 Å². The zero-order chi connectivity index (χ0) is 25.2. The van der Waals surface area contributed by atoms with Crippen molar-refractivity contribution in [2.45, 2.75) is 31.2 Å². The van der Waals surface area contributed by atoms with Gasteiger partial charge >= 0.3 is 0 Å². The quantitative estimate of drug-likeness (QED) is 0.526. The van der Waals surface area contributed by atoms with Gasteiger partial charge in [0.25, 0.3) is 15.9 Å². The number of hydrogen-bond acceptors (Lipinski definition) is 5. The van der Waals surface area contributed by atoms with Gasteiger partial charge in [-0.25, -0.2) is 8.42 Å². The number of carbonyl (C=O) groups is 1. The fourth-order valence-electron chi connectivity index (χ4n) is 4.43. The van der Waals surface area contributed by atoms with E-state index in [-0.39, 0.29) is 22.6 Å². The van der Waals surface area contributed by atoms with E-state index in [1.54, 1.807) is 24.3 Å². The molecule has 1 atom stereocenters. The molecule has 1 aliphatic rings. The number of carbonyl (C=O) groups excluding carboxylic acids is 1. The first-order chi connectivity index (χ1) is 16.7. The number of nitrogens with one attached hydrogen (secondary N) is 1.